The lowest BCUT2D eigenvalue weighted by Gasteiger charge is -2.18. The standard InChI is InChI=1S/C13H13N3O4S/c1-8-12(21-7-14-8)6-15(2)10-4-3-9(13(17)18)5-11(10)16(19)20/h3-5,7H,6H2,1-2H3,(H,17,18). The normalized spacial score (nSPS) is 10.4. The van der Waals surface area contributed by atoms with E-state index < -0.39 is 10.9 Å². The second-order valence-electron chi connectivity index (χ2n) is 4.48. The molecule has 0 aliphatic heterocycles. The van der Waals surface area contributed by atoms with Crippen LogP contribution in [0.15, 0.2) is 23.7 Å². The van der Waals surface area contributed by atoms with Gasteiger partial charge in [-0.25, -0.2) is 9.78 Å². The molecule has 0 fully saturated rings. The summed E-state index contributed by atoms with van der Waals surface area (Å²) in [4.78, 5) is 28.3. The van der Waals surface area contributed by atoms with Crippen molar-refractivity contribution in [3.05, 3.63) is 50.0 Å². The van der Waals surface area contributed by atoms with Gasteiger partial charge in [0.15, 0.2) is 0 Å². The molecule has 0 saturated heterocycles. The molecule has 0 amide bonds. The predicted molar refractivity (Wildman–Crippen MR) is 79.0 cm³/mol. The van der Waals surface area contributed by atoms with Gasteiger partial charge in [-0.2, -0.15) is 0 Å². The second kappa shape index (κ2) is 5.88. The van der Waals surface area contributed by atoms with E-state index in [0.29, 0.717) is 12.2 Å². The Kier molecular flexibility index (Phi) is 4.18. The molecule has 0 bridgehead atoms. The molecular formula is C13H13N3O4S. The Hall–Kier alpha value is -2.48. The van der Waals surface area contributed by atoms with Crippen LogP contribution in [0.1, 0.15) is 20.9 Å². The number of thiazole rings is 1. The van der Waals surface area contributed by atoms with Gasteiger partial charge < -0.3 is 10.0 Å². The summed E-state index contributed by atoms with van der Waals surface area (Å²) in [6.07, 6.45) is 0. The van der Waals surface area contributed by atoms with Crippen LogP contribution in [0.5, 0.6) is 0 Å². The molecule has 8 heteroatoms. The number of carboxylic acids is 1. The van der Waals surface area contributed by atoms with Crippen molar-refractivity contribution >= 4 is 28.7 Å². The summed E-state index contributed by atoms with van der Waals surface area (Å²) in [6.45, 7) is 2.35. The SMILES string of the molecule is Cc1ncsc1CN(C)c1ccc(C(=O)O)cc1[N+](=O)[O-]. The maximum atomic E-state index is 11.1. The Morgan fingerprint density at radius 1 is 1.52 bits per heavy atom. The van der Waals surface area contributed by atoms with Gasteiger partial charge in [0, 0.05) is 18.0 Å². The first-order valence-corrected chi connectivity index (χ1v) is 6.90. The number of benzene rings is 1. The minimum absolute atomic E-state index is 0.104. The van der Waals surface area contributed by atoms with Crippen molar-refractivity contribution in [3.8, 4) is 0 Å². The maximum absolute atomic E-state index is 11.1. The van der Waals surface area contributed by atoms with Crippen molar-refractivity contribution in [2.75, 3.05) is 11.9 Å². The summed E-state index contributed by atoms with van der Waals surface area (Å²) in [5.41, 5.74) is 2.65. The van der Waals surface area contributed by atoms with E-state index in [-0.39, 0.29) is 11.3 Å². The number of hydrogen-bond donors (Lipinski definition) is 1. The molecule has 21 heavy (non-hydrogen) atoms. The fourth-order valence-electron chi connectivity index (χ4n) is 1.90. The number of nitro groups is 1. The summed E-state index contributed by atoms with van der Waals surface area (Å²) >= 11 is 1.48. The first kappa shape index (κ1) is 14.9. The maximum Gasteiger partial charge on any atom is 0.335 e. The highest BCUT2D eigenvalue weighted by atomic mass is 32.1. The predicted octanol–water partition coefficient (Wildman–Crippen LogP) is 2.69. The summed E-state index contributed by atoms with van der Waals surface area (Å²) in [7, 11) is 1.72. The fourth-order valence-corrected chi connectivity index (χ4v) is 2.73. The Balaban J connectivity index is 2.36. The molecular weight excluding hydrogens is 294 g/mol. The van der Waals surface area contributed by atoms with Crippen molar-refractivity contribution in [1.29, 1.82) is 0 Å². The Bertz CT molecular complexity index is 698. The van der Waals surface area contributed by atoms with Crippen LogP contribution in [0.4, 0.5) is 11.4 Å². The lowest BCUT2D eigenvalue weighted by molar-refractivity contribution is -0.384. The molecule has 110 valence electrons. The van der Waals surface area contributed by atoms with Crippen LogP contribution in [0, 0.1) is 17.0 Å². The molecule has 0 saturated carbocycles. The number of hydrogen-bond acceptors (Lipinski definition) is 6. The summed E-state index contributed by atoms with van der Waals surface area (Å²) in [6, 6.07) is 3.90. The molecule has 1 aromatic carbocycles. The van der Waals surface area contributed by atoms with Gasteiger partial charge in [0.25, 0.3) is 5.69 Å². The molecule has 0 atom stereocenters. The zero-order chi connectivity index (χ0) is 15.6. The molecule has 7 nitrogen and oxygen atoms in total. The third-order valence-corrected chi connectivity index (χ3v) is 3.98. The first-order chi connectivity index (χ1) is 9.90. The minimum atomic E-state index is -1.19. The van der Waals surface area contributed by atoms with E-state index in [2.05, 4.69) is 4.98 Å². The number of anilines is 1. The monoisotopic (exact) mass is 307 g/mol. The number of nitrogens with zero attached hydrogens (tertiary/aromatic N) is 3. The van der Waals surface area contributed by atoms with Crippen LogP contribution < -0.4 is 4.90 Å². The molecule has 0 unspecified atom stereocenters. The van der Waals surface area contributed by atoms with Gasteiger partial charge in [0.05, 0.1) is 28.2 Å². The van der Waals surface area contributed by atoms with E-state index in [1.165, 1.54) is 23.5 Å². The first-order valence-electron chi connectivity index (χ1n) is 6.02. The van der Waals surface area contributed by atoms with Crippen molar-refractivity contribution in [1.82, 2.24) is 4.98 Å². The van der Waals surface area contributed by atoms with Gasteiger partial charge in [0.1, 0.15) is 5.69 Å². The van der Waals surface area contributed by atoms with Crippen LogP contribution in [-0.4, -0.2) is 28.0 Å². The van der Waals surface area contributed by atoms with E-state index >= 15 is 0 Å². The van der Waals surface area contributed by atoms with Crippen molar-refractivity contribution < 1.29 is 14.8 Å². The fraction of sp³-hybridized carbons (Fsp3) is 0.231. The highest BCUT2D eigenvalue weighted by Gasteiger charge is 2.20. The Morgan fingerprint density at radius 3 is 2.76 bits per heavy atom. The Labute approximate surface area is 124 Å². The molecule has 0 aliphatic rings. The molecule has 2 rings (SSSR count). The molecule has 0 aliphatic carbocycles. The van der Waals surface area contributed by atoms with E-state index in [9.17, 15) is 14.9 Å². The van der Waals surface area contributed by atoms with Crippen LogP contribution in [0.2, 0.25) is 0 Å². The average Bonchev–Trinajstić information content (AvgIpc) is 2.83. The molecule has 0 radical (unpaired) electrons. The minimum Gasteiger partial charge on any atom is -0.478 e. The topological polar surface area (TPSA) is 96.6 Å². The highest BCUT2D eigenvalue weighted by molar-refractivity contribution is 7.09. The smallest absolute Gasteiger partial charge is 0.335 e. The molecule has 0 spiro atoms. The van der Waals surface area contributed by atoms with Crippen LogP contribution >= 0.6 is 11.3 Å². The van der Waals surface area contributed by atoms with E-state index in [1.807, 2.05) is 6.92 Å². The molecule has 2 aromatic rings. The van der Waals surface area contributed by atoms with Crippen LogP contribution in [0.25, 0.3) is 0 Å². The molecule has 1 N–H and O–H groups in total. The quantitative estimate of drug-likeness (QED) is 0.674. The zero-order valence-corrected chi connectivity index (χ0v) is 12.3. The van der Waals surface area contributed by atoms with Gasteiger partial charge >= 0.3 is 5.97 Å². The summed E-state index contributed by atoms with van der Waals surface area (Å²) in [5.74, 6) is -1.19. The third-order valence-electron chi connectivity index (χ3n) is 3.06. The van der Waals surface area contributed by atoms with E-state index in [1.54, 1.807) is 17.5 Å². The number of carbonyl (C=O) groups is 1. The largest absolute Gasteiger partial charge is 0.478 e. The highest BCUT2D eigenvalue weighted by Crippen LogP contribution is 2.30. The van der Waals surface area contributed by atoms with E-state index in [0.717, 1.165) is 16.6 Å². The van der Waals surface area contributed by atoms with Crippen LogP contribution in [0.3, 0.4) is 0 Å². The second-order valence-corrected chi connectivity index (χ2v) is 5.42. The number of aryl methyl sites for hydroxylation is 1. The lowest BCUT2D eigenvalue weighted by Crippen LogP contribution is -2.18. The lowest BCUT2D eigenvalue weighted by atomic mass is 10.1. The zero-order valence-electron chi connectivity index (χ0n) is 11.4. The molecule has 1 aromatic heterocycles. The van der Waals surface area contributed by atoms with Gasteiger partial charge in [-0.1, -0.05) is 0 Å². The van der Waals surface area contributed by atoms with Crippen molar-refractivity contribution in [2.45, 2.75) is 13.5 Å². The number of carboxylic acid groups (broad SMARTS) is 1. The Morgan fingerprint density at radius 2 is 2.24 bits per heavy atom. The van der Waals surface area contributed by atoms with Crippen molar-refractivity contribution in [2.24, 2.45) is 0 Å². The number of aromatic nitrogens is 1. The van der Waals surface area contributed by atoms with Crippen LogP contribution in [-0.2, 0) is 6.54 Å². The van der Waals surface area contributed by atoms with Gasteiger partial charge in [0.2, 0.25) is 0 Å². The number of rotatable bonds is 5. The van der Waals surface area contributed by atoms with Gasteiger partial charge in [-0.3, -0.25) is 10.1 Å². The van der Waals surface area contributed by atoms with Gasteiger partial charge in [-0.15, -0.1) is 11.3 Å². The number of nitro benzene ring substituents is 1. The van der Waals surface area contributed by atoms with Crippen molar-refractivity contribution in [3.63, 3.8) is 0 Å². The summed E-state index contributed by atoms with van der Waals surface area (Å²) < 4.78 is 0. The van der Waals surface area contributed by atoms with Gasteiger partial charge in [-0.05, 0) is 19.1 Å². The summed E-state index contributed by atoms with van der Waals surface area (Å²) in [5, 5.41) is 20.1. The third kappa shape index (κ3) is 3.16. The van der Waals surface area contributed by atoms with E-state index in [4.69, 9.17) is 5.11 Å². The molecule has 1 heterocycles. The number of aromatic carboxylic acids is 1. The average molecular weight is 307 g/mol.